The molecule has 1 unspecified atom stereocenters. The molecule has 1 N–H and O–H groups in total. The van der Waals surface area contributed by atoms with Crippen LogP contribution in [0.1, 0.15) is 36.7 Å². The third-order valence-corrected chi connectivity index (χ3v) is 5.87. The summed E-state index contributed by atoms with van der Waals surface area (Å²) in [6, 6.07) is 10.9. The minimum atomic E-state index is -0.0845. The van der Waals surface area contributed by atoms with Gasteiger partial charge in [0.05, 0.1) is 15.7 Å². The largest absolute Gasteiger partial charge is 0.311 e. The van der Waals surface area contributed by atoms with Crippen LogP contribution in [0.2, 0.25) is 0 Å². The van der Waals surface area contributed by atoms with Gasteiger partial charge in [0.25, 0.3) is 0 Å². The molecule has 1 aliphatic heterocycles. The summed E-state index contributed by atoms with van der Waals surface area (Å²) in [4.78, 5) is 22.9. The predicted octanol–water partition coefficient (Wildman–Crippen LogP) is 3.81. The Kier molecular flexibility index (Phi) is 4.70. The number of hydrogen-bond donors (Lipinski definition) is 1. The van der Waals surface area contributed by atoms with E-state index in [0.29, 0.717) is 11.9 Å². The van der Waals surface area contributed by atoms with E-state index in [2.05, 4.69) is 51.4 Å². The Morgan fingerprint density at radius 1 is 1.23 bits per heavy atom. The number of thiazole rings is 1. The Labute approximate surface area is 157 Å². The molecule has 1 aliphatic rings. The summed E-state index contributed by atoms with van der Waals surface area (Å²) in [6.45, 7) is 5.74. The van der Waals surface area contributed by atoms with Crippen LogP contribution in [0.15, 0.2) is 35.8 Å². The number of carbonyl (C=O) groups excluding carboxylic acids is 1. The number of nitrogens with one attached hydrogen (secondary N) is 1. The van der Waals surface area contributed by atoms with E-state index in [1.54, 1.807) is 11.3 Å². The number of anilines is 1. The zero-order chi connectivity index (χ0) is 18.1. The SMILES string of the molecule is CC(=O)Nc1ccc2c(n1)CCN(C(C)c1ccc3scnc3c1)CC2. The van der Waals surface area contributed by atoms with E-state index < -0.39 is 0 Å². The molecule has 134 valence electrons. The highest BCUT2D eigenvalue weighted by molar-refractivity contribution is 7.16. The Morgan fingerprint density at radius 3 is 2.92 bits per heavy atom. The second-order valence-electron chi connectivity index (χ2n) is 6.77. The lowest BCUT2D eigenvalue weighted by atomic mass is 10.1. The number of hydrogen-bond acceptors (Lipinski definition) is 5. The zero-order valence-electron chi connectivity index (χ0n) is 15.0. The first kappa shape index (κ1) is 17.1. The Bertz CT molecular complexity index is 952. The summed E-state index contributed by atoms with van der Waals surface area (Å²) in [5.41, 5.74) is 6.67. The van der Waals surface area contributed by atoms with Gasteiger partial charge in [-0.25, -0.2) is 9.97 Å². The molecule has 3 aromatic rings. The quantitative estimate of drug-likeness (QED) is 0.766. The standard InChI is InChI=1S/C20H22N4OS/c1-13(16-3-5-19-18(11-16)21-12-26-19)24-9-7-15-4-6-20(22-14(2)25)23-17(15)8-10-24/h3-6,11-13H,7-10H2,1-2H3,(H,22,23,25). The van der Waals surface area contributed by atoms with Crippen LogP contribution in [-0.2, 0) is 17.6 Å². The van der Waals surface area contributed by atoms with Gasteiger partial charge in [-0.05, 0) is 42.7 Å². The van der Waals surface area contributed by atoms with Crippen molar-refractivity contribution in [1.82, 2.24) is 14.9 Å². The average molecular weight is 366 g/mol. The third kappa shape index (κ3) is 3.48. The number of benzene rings is 1. The van der Waals surface area contributed by atoms with Gasteiger partial charge in [-0.2, -0.15) is 0 Å². The second-order valence-corrected chi connectivity index (χ2v) is 7.66. The highest BCUT2D eigenvalue weighted by atomic mass is 32.1. The minimum absolute atomic E-state index is 0.0845. The Hall–Kier alpha value is -2.31. The Morgan fingerprint density at radius 2 is 2.08 bits per heavy atom. The molecule has 5 nitrogen and oxygen atoms in total. The van der Waals surface area contributed by atoms with Gasteiger partial charge in [0.2, 0.25) is 5.91 Å². The molecule has 1 aromatic carbocycles. The van der Waals surface area contributed by atoms with Crippen LogP contribution in [0.3, 0.4) is 0 Å². The number of carbonyl (C=O) groups is 1. The third-order valence-electron chi connectivity index (χ3n) is 5.06. The van der Waals surface area contributed by atoms with Crippen LogP contribution in [0.4, 0.5) is 5.82 Å². The minimum Gasteiger partial charge on any atom is -0.311 e. The molecule has 1 amide bonds. The lowest BCUT2D eigenvalue weighted by molar-refractivity contribution is -0.114. The number of fused-ring (bicyclic) bond motifs is 2. The molecule has 3 heterocycles. The van der Waals surface area contributed by atoms with E-state index in [0.717, 1.165) is 37.1 Å². The maximum Gasteiger partial charge on any atom is 0.222 e. The van der Waals surface area contributed by atoms with Crippen molar-refractivity contribution in [1.29, 1.82) is 0 Å². The summed E-state index contributed by atoms with van der Waals surface area (Å²) >= 11 is 1.68. The highest BCUT2D eigenvalue weighted by Crippen LogP contribution is 2.28. The van der Waals surface area contributed by atoms with Gasteiger partial charge in [-0.3, -0.25) is 9.69 Å². The average Bonchev–Trinajstić information content (AvgIpc) is 2.99. The van der Waals surface area contributed by atoms with Crippen LogP contribution < -0.4 is 5.32 Å². The lowest BCUT2D eigenvalue weighted by Gasteiger charge is -2.27. The smallest absolute Gasteiger partial charge is 0.222 e. The zero-order valence-corrected chi connectivity index (χ0v) is 15.8. The van der Waals surface area contributed by atoms with E-state index in [-0.39, 0.29) is 5.91 Å². The van der Waals surface area contributed by atoms with Gasteiger partial charge < -0.3 is 5.32 Å². The lowest BCUT2D eigenvalue weighted by Crippen LogP contribution is -2.29. The van der Waals surface area contributed by atoms with Gasteiger partial charge in [0, 0.05) is 38.2 Å². The van der Waals surface area contributed by atoms with Crippen molar-refractivity contribution in [2.45, 2.75) is 32.7 Å². The van der Waals surface area contributed by atoms with Crippen molar-refractivity contribution >= 4 is 33.3 Å². The van der Waals surface area contributed by atoms with E-state index in [1.807, 2.05) is 11.6 Å². The molecule has 26 heavy (non-hydrogen) atoms. The fraction of sp³-hybridized carbons (Fsp3) is 0.350. The van der Waals surface area contributed by atoms with Crippen LogP contribution in [0.25, 0.3) is 10.2 Å². The van der Waals surface area contributed by atoms with Gasteiger partial charge >= 0.3 is 0 Å². The topological polar surface area (TPSA) is 58.1 Å². The van der Waals surface area contributed by atoms with Crippen molar-refractivity contribution in [2.75, 3.05) is 18.4 Å². The normalized spacial score (nSPS) is 16.1. The van der Waals surface area contributed by atoms with Crippen molar-refractivity contribution in [3.05, 3.63) is 52.7 Å². The van der Waals surface area contributed by atoms with Crippen molar-refractivity contribution in [3.8, 4) is 0 Å². The van der Waals surface area contributed by atoms with E-state index in [9.17, 15) is 4.79 Å². The molecule has 0 radical (unpaired) electrons. The van der Waals surface area contributed by atoms with Crippen molar-refractivity contribution in [2.24, 2.45) is 0 Å². The van der Waals surface area contributed by atoms with Gasteiger partial charge in [-0.1, -0.05) is 12.1 Å². The number of nitrogens with zero attached hydrogens (tertiary/aromatic N) is 3. The van der Waals surface area contributed by atoms with Gasteiger partial charge in [-0.15, -0.1) is 11.3 Å². The maximum atomic E-state index is 11.3. The number of aromatic nitrogens is 2. The van der Waals surface area contributed by atoms with Gasteiger partial charge in [0.15, 0.2) is 0 Å². The maximum absolute atomic E-state index is 11.3. The predicted molar refractivity (Wildman–Crippen MR) is 106 cm³/mol. The van der Waals surface area contributed by atoms with E-state index >= 15 is 0 Å². The van der Waals surface area contributed by atoms with Crippen LogP contribution in [-0.4, -0.2) is 33.9 Å². The summed E-state index contributed by atoms with van der Waals surface area (Å²) < 4.78 is 1.24. The fourth-order valence-corrected chi connectivity index (χ4v) is 4.24. The number of pyridine rings is 1. The second kappa shape index (κ2) is 7.13. The van der Waals surface area contributed by atoms with Crippen LogP contribution in [0.5, 0.6) is 0 Å². The summed E-state index contributed by atoms with van der Waals surface area (Å²) in [6.07, 6.45) is 1.87. The monoisotopic (exact) mass is 366 g/mol. The fourth-order valence-electron chi connectivity index (χ4n) is 3.58. The first-order chi connectivity index (χ1) is 12.6. The first-order valence-corrected chi connectivity index (χ1v) is 9.82. The molecule has 0 spiro atoms. The van der Waals surface area contributed by atoms with Gasteiger partial charge in [0.1, 0.15) is 5.82 Å². The van der Waals surface area contributed by atoms with Crippen molar-refractivity contribution in [3.63, 3.8) is 0 Å². The van der Waals surface area contributed by atoms with Crippen LogP contribution in [0, 0.1) is 0 Å². The highest BCUT2D eigenvalue weighted by Gasteiger charge is 2.21. The molecule has 0 aliphatic carbocycles. The Balaban J connectivity index is 1.51. The molecule has 0 saturated carbocycles. The molecular formula is C20H22N4OS. The van der Waals surface area contributed by atoms with E-state index in [4.69, 9.17) is 0 Å². The van der Waals surface area contributed by atoms with Crippen molar-refractivity contribution < 1.29 is 4.79 Å². The van der Waals surface area contributed by atoms with E-state index in [1.165, 1.54) is 22.8 Å². The summed E-state index contributed by atoms with van der Waals surface area (Å²) in [5.74, 6) is 0.561. The molecular weight excluding hydrogens is 344 g/mol. The molecule has 4 rings (SSSR count). The molecule has 0 bridgehead atoms. The molecule has 1 atom stereocenters. The summed E-state index contributed by atoms with van der Waals surface area (Å²) in [5, 5.41) is 2.78. The van der Waals surface area contributed by atoms with Crippen LogP contribution >= 0.6 is 11.3 Å². The number of rotatable bonds is 3. The first-order valence-electron chi connectivity index (χ1n) is 8.94. The summed E-state index contributed by atoms with van der Waals surface area (Å²) in [7, 11) is 0. The molecule has 6 heteroatoms. The molecule has 0 fully saturated rings. The molecule has 0 saturated heterocycles. The molecule has 2 aromatic heterocycles. The number of amides is 1.